The normalized spacial score (nSPS) is 11.7. The Bertz CT molecular complexity index is 1660. The lowest BCUT2D eigenvalue weighted by Crippen LogP contribution is -2.31. The van der Waals surface area contributed by atoms with Crippen LogP contribution < -0.4 is 15.6 Å². The zero-order valence-electron chi connectivity index (χ0n) is 19.5. The van der Waals surface area contributed by atoms with E-state index in [1.807, 2.05) is 30.3 Å². The van der Waals surface area contributed by atoms with Crippen LogP contribution in [0, 0.1) is 10.1 Å². The molecule has 0 spiro atoms. The van der Waals surface area contributed by atoms with E-state index in [4.69, 9.17) is 4.74 Å². The van der Waals surface area contributed by atoms with Gasteiger partial charge in [0.2, 0.25) is 5.91 Å². The molecule has 184 valence electrons. The van der Waals surface area contributed by atoms with E-state index in [-0.39, 0.29) is 5.69 Å². The molecule has 0 bridgehead atoms. The Morgan fingerprint density at radius 3 is 2.51 bits per heavy atom. The Hall–Kier alpha value is -4.83. The summed E-state index contributed by atoms with van der Waals surface area (Å²) >= 11 is 1.26. The lowest BCUT2D eigenvalue weighted by Gasteiger charge is -2.15. The second-order valence-corrected chi connectivity index (χ2v) is 9.06. The third-order valence-electron chi connectivity index (χ3n) is 5.78. The highest BCUT2D eigenvalue weighted by Crippen LogP contribution is 2.32. The largest absolute Gasteiger partial charge is 0.457 e. The molecule has 9 nitrogen and oxygen atoms in total. The summed E-state index contributed by atoms with van der Waals surface area (Å²) < 4.78 is 7.03. The number of carbonyl (C=O) groups is 1. The molecule has 1 atom stereocenters. The van der Waals surface area contributed by atoms with Gasteiger partial charge in [0, 0.05) is 28.8 Å². The molecule has 0 saturated heterocycles. The number of carbonyl (C=O) groups excluding carboxylic acids is 1. The van der Waals surface area contributed by atoms with Gasteiger partial charge in [-0.3, -0.25) is 24.3 Å². The minimum Gasteiger partial charge on any atom is -0.457 e. The van der Waals surface area contributed by atoms with E-state index < -0.39 is 22.4 Å². The van der Waals surface area contributed by atoms with Crippen molar-refractivity contribution in [3.63, 3.8) is 0 Å². The first-order chi connectivity index (χ1) is 17.9. The molecule has 0 aliphatic heterocycles. The summed E-state index contributed by atoms with van der Waals surface area (Å²) in [4.78, 5) is 42.0. The van der Waals surface area contributed by atoms with Crippen molar-refractivity contribution in [1.82, 2.24) is 9.55 Å². The van der Waals surface area contributed by atoms with Crippen LogP contribution in [0.1, 0.15) is 13.0 Å². The molecular weight excluding hydrogens is 492 g/mol. The summed E-state index contributed by atoms with van der Waals surface area (Å²) in [5.41, 5.74) is 1.15. The first-order valence-electron chi connectivity index (χ1n) is 11.3. The number of ether oxygens (including phenoxy) is 1. The number of fused-ring (bicyclic) bond motifs is 1. The number of nitro benzene ring substituents is 1. The molecular formula is C27H20N4O5S. The second kappa shape index (κ2) is 10.0. The highest BCUT2D eigenvalue weighted by molar-refractivity contribution is 7.17. The fourth-order valence-electron chi connectivity index (χ4n) is 3.82. The number of para-hydroxylation sites is 1. The molecule has 3 aromatic carbocycles. The summed E-state index contributed by atoms with van der Waals surface area (Å²) in [6, 6.07) is 21.5. The Kier molecular flexibility index (Phi) is 6.48. The number of nitrogens with one attached hydrogen (secondary N) is 1. The number of nitrogens with zero attached hydrogens (tertiary/aromatic N) is 3. The van der Waals surface area contributed by atoms with Gasteiger partial charge < -0.3 is 10.1 Å². The molecule has 37 heavy (non-hydrogen) atoms. The van der Waals surface area contributed by atoms with Crippen molar-refractivity contribution < 1.29 is 14.5 Å². The van der Waals surface area contributed by atoms with E-state index in [1.54, 1.807) is 48.7 Å². The second-order valence-electron chi connectivity index (χ2n) is 8.20. The standard InChI is InChI=1S/C27H20N4O5S/c1-17(25(32)29-19-10-12-22(13-11-19)36-21-8-3-2-4-9-21)30-16-28-26-24(27(30)33)23(15-37-26)18-6-5-7-20(14-18)31(34)35/h2-17H,1H3,(H,29,32). The van der Waals surface area contributed by atoms with Crippen LogP contribution in [0.25, 0.3) is 21.3 Å². The number of hydrogen-bond donors (Lipinski definition) is 1. The van der Waals surface area contributed by atoms with E-state index >= 15 is 0 Å². The number of benzene rings is 3. The smallest absolute Gasteiger partial charge is 0.270 e. The number of hydrogen-bond acceptors (Lipinski definition) is 7. The van der Waals surface area contributed by atoms with E-state index in [2.05, 4.69) is 10.3 Å². The van der Waals surface area contributed by atoms with Gasteiger partial charge in [-0.2, -0.15) is 0 Å². The van der Waals surface area contributed by atoms with Crippen LogP contribution in [0.4, 0.5) is 11.4 Å². The first-order valence-corrected chi connectivity index (χ1v) is 12.2. The van der Waals surface area contributed by atoms with Crippen LogP contribution >= 0.6 is 11.3 Å². The van der Waals surface area contributed by atoms with E-state index in [0.717, 1.165) is 0 Å². The van der Waals surface area contributed by atoms with Crippen molar-refractivity contribution in [2.75, 3.05) is 5.32 Å². The zero-order valence-corrected chi connectivity index (χ0v) is 20.3. The molecule has 1 N–H and O–H groups in total. The van der Waals surface area contributed by atoms with Gasteiger partial charge in [-0.15, -0.1) is 11.3 Å². The maximum absolute atomic E-state index is 13.4. The van der Waals surface area contributed by atoms with Crippen LogP contribution in [0.3, 0.4) is 0 Å². The van der Waals surface area contributed by atoms with Crippen molar-refractivity contribution in [3.05, 3.63) is 111 Å². The fraction of sp³-hybridized carbons (Fsp3) is 0.0741. The van der Waals surface area contributed by atoms with Crippen LogP contribution in [-0.4, -0.2) is 20.4 Å². The third kappa shape index (κ3) is 4.95. The first kappa shape index (κ1) is 23.9. The number of amides is 1. The molecule has 5 rings (SSSR count). The number of anilines is 1. The summed E-state index contributed by atoms with van der Waals surface area (Å²) in [6.07, 6.45) is 1.35. The van der Waals surface area contributed by atoms with Crippen molar-refractivity contribution in [1.29, 1.82) is 0 Å². The average Bonchev–Trinajstić information content (AvgIpc) is 3.35. The lowest BCUT2D eigenvalue weighted by molar-refractivity contribution is -0.384. The van der Waals surface area contributed by atoms with Crippen molar-refractivity contribution in [2.24, 2.45) is 0 Å². The fourth-order valence-corrected chi connectivity index (χ4v) is 4.73. The molecule has 0 aliphatic carbocycles. The van der Waals surface area contributed by atoms with Crippen LogP contribution in [0.5, 0.6) is 11.5 Å². The predicted molar refractivity (Wildman–Crippen MR) is 142 cm³/mol. The molecule has 5 aromatic rings. The van der Waals surface area contributed by atoms with Gasteiger partial charge in [-0.05, 0) is 48.9 Å². The molecule has 0 saturated carbocycles. The highest BCUT2D eigenvalue weighted by Gasteiger charge is 2.21. The maximum atomic E-state index is 13.4. The summed E-state index contributed by atoms with van der Waals surface area (Å²) in [5.74, 6) is 0.925. The monoisotopic (exact) mass is 512 g/mol. The van der Waals surface area contributed by atoms with Crippen LogP contribution in [0.15, 0.2) is 95.4 Å². The highest BCUT2D eigenvalue weighted by atomic mass is 32.1. The van der Waals surface area contributed by atoms with E-state index in [9.17, 15) is 19.7 Å². The molecule has 0 fully saturated rings. The predicted octanol–water partition coefficient (Wildman–Crippen LogP) is 6.03. The quantitative estimate of drug-likeness (QED) is 0.210. The van der Waals surface area contributed by atoms with Gasteiger partial charge in [0.1, 0.15) is 22.4 Å². The summed E-state index contributed by atoms with van der Waals surface area (Å²) in [7, 11) is 0. The number of rotatable bonds is 7. The average molecular weight is 513 g/mol. The maximum Gasteiger partial charge on any atom is 0.270 e. The zero-order chi connectivity index (χ0) is 25.9. The van der Waals surface area contributed by atoms with Gasteiger partial charge >= 0.3 is 0 Å². The Morgan fingerprint density at radius 1 is 1.05 bits per heavy atom. The molecule has 2 aromatic heterocycles. The SMILES string of the molecule is CC(C(=O)Nc1ccc(Oc2ccccc2)cc1)n1cnc2scc(-c3cccc([N+](=O)[O-])c3)c2c1=O. The molecule has 0 aliphatic rings. The van der Waals surface area contributed by atoms with Crippen molar-refractivity contribution >= 4 is 38.8 Å². The Labute approximate surface area is 214 Å². The van der Waals surface area contributed by atoms with Crippen LogP contribution in [0.2, 0.25) is 0 Å². The molecule has 10 heteroatoms. The minimum atomic E-state index is -0.859. The number of nitro groups is 1. The molecule has 2 heterocycles. The number of thiophene rings is 1. The molecule has 1 unspecified atom stereocenters. The van der Waals surface area contributed by atoms with Gasteiger partial charge in [0.05, 0.1) is 16.6 Å². The summed E-state index contributed by atoms with van der Waals surface area (Å²) in [6.45, 7) is 1.61. The molecule has 1 amide bonds. The molecule has 0 radical (unpaired) electrons. The van der Waals surface area contributed by atoms with Crippen molar-refractivity contribution in [3.8, 4) is 22.6 Å². The van der Waals surface area contributed by atoms with Crippen LogP contribution in [-0.2, 0) is 4.79 Å². The van der Waals surface area contributed by atoms with Gasteiger partial charge in [-0.25, -0.2) is 4.98 Å². The van der Waals surface area contributed by atoms with Gasteiger partial charge in [0.25, 0.3) is 11.2 Å². The number of aromatic nitrogens is 2. The van der Waals surface area contributed by atoms with E-state index in [0.29, 0.717) is 38.5 Å². The Balaban J connectivity index is 1.38. The van der Waals surface area contributed by atoms with E-state index in [1.165, 1.54) is 34.4 Å². The lowest BCUT2D eigenvalue weighted by atomic mass is 10.1. The van der Waals surface area contributed by atoms with Crippen molar-refractivity contribution in [2.45, 2.75) is 13.0 Å². The number of non-ortho nitro benzene ring substituents is 1. The third-order valence-corrected chi connectivity index (χ3v) is 6.67. The topological polar surface area (TPSA) is 116 Å². The minimum absolute atomic E-state index is 0.0750. The summed E-state index contributed by atoms with van der Waals surface area (Å²) in [5, 5.41) is 16.1. The van der Waals surface area contributed by atoms with Gasteiger partial charge in [-0.1, -0.05) is 30.3 Å². The van der Waals surface area contributed by atoms with Gasteiger partial charge in [0.15, 0.2) is 0 Å². The Morgan fingerprint density at radius 2 is 1.78 bits per heavy atom.